The van der Waals surface area contributed by atoms with Crippen molar-refractivity contribution < 1.29 is 9.47 Å². The van der Waals surface area contributed by atoms with E-state index in [9.17, 15) is 0 Å². The molecule has 0 aliphatic rings. The number of ether oxygens (including phenoxy) is 2. The zero-order valence-corrected chi connectivity index (χ0v) is 12.0. The van der Waals surface area contributed by atoms with Gasteiger partial charge in [0.15, 0.2) is 0 Å². The maximum Gasteiger partial charge on any atom is 0.124 e. The first-order valence-corrected chi connectivity index (χ1v) is 6.67. The fourth-order valence-electron chi connectivity index (χ4n) is 2.01. The number of nitrogens with one attached hydrogen (secondary N) is 1. The lowest BCUT2D eigenvalue weighted by molar-refractivity contribution is 0.0879. The molecule has 4 nitrogen and oxygen atoms in total. The minimum absolute atomic E-state index is 0.0586. The quantitative estimate of drug-likeness (QED) is 0.560. The largest absolute Gasteiger partial charge is 0.496 e. The topological polar surface area (TPSA) is 68.3 Å². The summed E-state index contributed by atoms with van der Waals surface area (Å²) < 4.78 is 11.0. The Hall–Kier alpha value is -1.55. The van der Waals surface area contributed by atoms with Gasteiger partial charge in [0.05, 0.1) is 13.7 Å². The van der Waals surface area contributed by atoms with Gasteiger partial charge in [0.1, 0.15) is 11.6 Å². The van der Waals surface area contributed by atoms with E-state index in [0.29, 0.717) is 18.1 Å². The van der Waals surface area contributed by atoms with Gasteiger partial charge in [0.25, 0.3) is 0 Å². The normalized spacial score (nSPS) is 12.2. The van der Waals surface area contributed by atoms with Crippen LogP contribution >= 0.6 is 0 Å². The summed E-state index contributed by atoms with van der Waals surface area (Å²) in [5.74, 6) is 1.39. The van der Waals surface area contributed by atoms with Crippen LogP contribution in [-0.4, -0.2) is 19.6 Å². The molecule has 0 amide bonds. The molecule has 0 radical (unpaired) electrons. The molecule has 0 spiro atoms. The number of rotatable bonds is 8. The Balaban J connectivity index is 2.65. The van der Waals surface area contributed by atoms with Crippen molar-refractivity contribution >= 4 is 5.84 Å². The van der Waals surface area contributed by atoms with Crippen molar-refractivity contribution in [1.82, 2.24) is 0 Å². The van der Waals surface area contributed by atoms with Crippen molar-refractivity contribution in [1.29, 1.82) is 5.41 Å². The Morgan fingerprint density at radius 2 is 2.16 bits per heavy atom. The number of hydrogen-bond acceptors (Lipinski definition) is 3. The van der Waals surface area contributed by atoms with Crippen LogP contribution in [0, 0.1) is 11.3 Å². The molecule has 1 atom stereocenters. The lowest BCUT2D eigenvalue weighted by Crippen LogP contribution is -2.12. The molecule has 0 bridgehead atoms. The maximum absolute atomic E-state index is 7.46. The standard InChI is InChI=1S/C15H24N2O2/c1-4-5-11(2)9-19-10-13-8-12(15(16)17)6-7-14(13)18-3/h6-8,11H,4-5,9-10H2,1-3H3,(H3,16,17). The Morgan fingerprint density at radius 1 is 1.42 bits per heavy atom. The molecular formula is C15H24N2O2. The van der Waals surface area contributed by atoms with E-state index in [4.69, 9.17) is 20.6 Å². The highest BCUT2D eigenvalue weighted by Gasteiger charge is 2.07. The fourth-order valence-corrected chi connectivity index (χ4v) is 2.01. The van der Waals surface area contributed by atoms with E-state index >= 15 is 0 Å². The van der Waals surface area contributed by atoms with Crippen LogP contribution in [-0.2, 0) is 11.3 Å². The van der Waals surface area contributed by atoms with Crippen LogP contribution in [0.4, 0.5) is 0 Å². The smallest absolute Gasteiger partial charge is 0.124 e. The number of amidine groups is 1. The molecule has 0 aliphatic carbocycles. The first kappa shape index (κ1) is 15.5. The highest BCUT2D eigenvalue weighted by atomic mass is 16.5. The van der Waals surface area contributed by atoms with Crippen molar-refractivity contribution in [2.45, 2.75) is 33.3 Å². The molecule has 0 aromatic heterocycles. The lowest BCUT2D eigenvalue weighted by atomic mass is 10.1. The SMILES string of the molecule is CCCC(C)COCc1cc(C(=N)N)ccc1OC. The van der Waals surface area contributed by atoms with Gasteiger partial charge in [-0.2, -0.15) is 0 Å². The van der Waals surface area contributed by atoms with Gasteiger partial charge < -0.3 is 15.2 Å². The second-order valence-electron chi connectivity index (χ2n) is 4.85. The van der Waals surface area contributed by atoms with E-state index in [1.165, 1.54) is 12.8 Å². The Morgan fingerprint density at radius 3 is 2.74 bits per heavy atom. The summed E-state index contributed by atoms with van der Waals surface area (Å²) in [5, 5.41) is 7.46. The average Bonchev–Trinajstić information content (AvgIpc) is 2.38. The molecular weight excluding hydrogens is 240 g/mol. The number of benzene rings is 1. The Kier molecular flexibility index (Phi) is 6.36. The van der Waals surface area contributed by atoms with E-state index in [1.807, 2.05) is 12.1 Å². The van der Waals surface area contributed by atoms with E-state index < -0.39 is 0 Å². The Labute approximate surface area is 115 Å². The van der Waals surface area contributed by atoms with Crippen molar-refractivity contribution in [3.63, 3.8) is 0 Å². The molecule has 1 rings (SSSR count). The molecule has 19 heavy (non-hydrogen) atoms. The van der Waals surface area contributed by atoms with E-state index in [2.05, 4.69) is 13.8 Å². The third kappa shape index (κ3) is 4.91. The highest BCUT2D eigenvalue weighted by Crippen LogP contribution is 2.21. The highest BCUT2D eigenvalue weighted by molar-refractivity contribution is 5.95. The summed E-state index contributed by atoms with van der Waals surface area (Å²) >= 11 is 0. The zero-order chi connectivity index (χ0) is 14.3. The summed E-state index contributed by atoms with van der Waals surface area (Å²) in [7, 11) is 1.63. The van der Waals surface area contributed by atoms with Crippen LogP contribution < -0.4 is 10.5 Å². The van der Waals surface area contributed by atoms with Gasteiger partial charge >= 0.3 is 0 Å². The van der Waals surface area contributed by atoms with Gasteiger partial charge in [-0.3, -0.25) is 5.41 Å². The van der Waals surface area contributed by atoms with Crippen LogP contribution in [0.15, 0.2) is 18.2 Å². The number of nitrogen functional groups attached to an aromatic ring is 1. The van der Waals surface area contributed by atoms with Gasteiger partial charge in [-0.15, -0.1) is 0 Å². The number of hydrogen-bond donors (Lipinski definition) is 2. The third-order valence-corrected chi connectivity index (χ3v) is 3.03. The van der Waals surface area contributed by atoms with E-state index in [-0.39, 0.29) is 5.84 Å². The second-order valence-corrected chi connectivity index (χ2v) is 4.85. The molecule has 106 valence electrons. The van der Waals surface area contributed by atoms with Crippen molar-refractivity contribution in [3.8, 4) is 5.75 Å². The van der Waals surface area contributed by atoms with Crippen LogP contribution in [0.25, 0.3) is 0 Å². The predicted octanol–water partition coefficient (Wildman–Crippen LogP) is 2.93. The summed E-state index contributed by atoms with van der Waals surface area (Å²) in [4.78, 5) is 0. The fraction of sp³-hybridized carbons (Fsp3) is 0.533. The average molecular weight is 264 g/mol. The van der Waals surface area contributed by atoms with Gasteiger partial charge in [0, 0.05) is 17.7 Å². The molecule has 0 saturated carbocycles. The van der Waals surface area contributed by atoms with Crippen LogP contribution in [0.1, 0.15) is 37.8 Å². The molecule has 0 fully saturated rings. The minimum Gasteiger partial charge on any atom is -0.496 e. The molecule has 1 aromatic carbocycles. The first-order valence-electron chi connectivity index (χ1n) is 6.67. The molecule has 3 N–H and O–H groups in total. The van der Waals surface area contributed by atoms with Gasteiger partial charge in [0.2, 0.25) is 0 Å². The van der Waals surface area contributed by atoms with Crippen molar-refractivity contribution in [2.75, 3.05) is 13.7 Å². The van der Waals surface area contributed by atoms with Crippen LogP contribution in [0.5, 0.6) is 5.75 Å². The second kappa shape index (κ2) is 7.79. The van der Waals surface area contributed by atoms with Gasteiger partial charge in [-0.1, -0.05) is 20.3 Å². The third-order valence-electron chi connectivity index (χ3n) is 3.03. The van der Waals surface area contributed by atoms with Gasteiger partial charge in [-0.05, 0) is 30.5 Å². The van der Waals surface area contributed by atoms with E-state index in [1.54, 1.807) is 13.2 Å². The molecule has 1 aromatic rings. The van der Waals surface area contributed by atoms with Gasteiger partial charge in [-0.25, -0.2) is 0 Å². The van der Waals surface area contributed by atoms with Crippen molar-refractivity contribution in [2.24, 2.45) is 11.7 Å². The monoisotopic (exact) mass is 264 g/mol. The van der Waals surface area contributed by atoms with Crippen molar-refractivity contribution in [3.05, 3.63) is 29.3 Å². The Bertz CT molecular complexity index is 419. The van der Waals surface area contributed by atoms with E-state index in [0.717, 1.165) is 17.9 Å². The number of methoxy groups -OCH3 is 1. The summed E-state index contributed by atoms with van der Waals surface area (Å²) in [5.41, 5.74) is 7.12. The molecule has 1 unspecified atom stereocenters. The summed E-state index contributed by atoms with van der Waals surface area (Å²) in [6.45, 7) is 5.59. The molecule has 0 aliphatic heterocycles. The van der Waals surface area contributed by atoms with Crippen LogP contribution in [0.3, 0.4) is 0 Å². The first-order chi connectivity index (χ1) is 9.08. The summed E-state index contributed by atoms with van der Waals surface area (Å²) in [6, 6.07) is 5.46. The minimum atomic E-state index is 0.0586. The molecule has 4 heteroatoms. The molecule has 0 saturated heterocycles. The predicted molar refractivity (Wildman–Crippen MR) is 77.7 cm³/mol. The lowest BCUT2D eigenvalue weighted by Gasteiger charge is -2.13. The molecule has 0 heterocycles. The maximum atomic E-state index is 7.46. The number of nitrogens with two attached hydrogens (primary N) is 1. The zero-order valence-electron chi connectivity index (χ0n) is 12.0. The van der Waals surface area contributed by atoms with Crippen LogP contribution in [0.2, 0.25) is 0 Å². The summed E-state index contributed by atoms with van der Waals surface area (Å²) in [6.07, 6.45) is 2.35.